The number of benzene rings is 1. The Morgan fingerprint density at radius 1 is 1.16 bits per heavy atom. The molecule has 0 saturated heterocycles. The second-order valence-electron chi connectivity index (χ2n) is 6.81. The third-order valence-electron chi connectivity index (χ3n) is 4.43. The summed E-state index contributed by atoms with van der Waals surface area (Å²) in [5.41, 5.74) is 0.638. The molecule has 1 atom stereocenters. The minimum absolute atomic E-state index is 0.192. The monoisotopic (exact) mass is 465 g/mol. The Bertz CT molecular complexity index is 843. The van der Waals surface area contributed by atoms with E-state index in [0.29, 0.717) is 36.8 Å². The van der Waals surface area contributed by atoms with Crippen molar-refractivity contribution >= 4 is 40.7 Å². The van der Waals surface area contributed by atoms with Crippen LogP contribution in [0.5, 0.6) is 0 Å². The minimum atomic E-state index is -0.868. The van der Waals surface area contributed by atoms with Crippen LogP contribution in [0.15, 0.2) is 41.8 Å². The van der Waals surface area contributed by atoms with Gasteiger partial charge in [0, 0.05) is 36.6 Å². The summed E-state index contributed by atoms with van der Waals surface area (Å²) in [7, 11) is 0. The molecule has 0 spiro atoms. The third kappa shape index (κ3) is 8.32. The van der Waals surface area contributed by atoms with Gasteiger partial charge in [0.2, 0.25) is 17.7 Å². The van der Waals surface area contributed by atoms with Crippen molar-refractivity contribution < 1.29 is 19.1 Å². The lowest BCUT2D eigenvalue weighted by molar-refractivity contribution is -0.141. The number of carbonyl (C=O) groups excluding carboxylic acids is 3. The van der Waals surface area contributed by atoms with E-state index in [1.807, 2.05) is 24.4 Å². The molecule has 0 fully saturated rings. The molecule has 1 aromatic carbocycles. The first-order valence-corrected chi connectivity index (χ1v) is 11.3. The summed E-state index contributed by atoms with van der Waals surface area (Å²) in [5, 5.41) is 7.88. The molecule has 0 radical (unpaired) electrons. The van der Waals surface area contributed by atoms with Crippen LogP contribution in [0.4, 0.5) is 0 Å². The zero-order valence-electron chi connectivity index (χ0n) is 17.7. The molecule has 9 heteroatoms. The smallest absolute Gasteiger partial charge is 0.247 e. The predicted molar refractivity (Wildman–Crippen MR) is 122 cm³/mol. The van der Waals surface area contributed by atoms with Gasteiger partial charge in [0.1, 0.15) is 6.04 Å². The highest BCUT2D eigenvalue weighted by Gasteiger charge is 2.31. The van der Waals surface area contributed by atoms with Gasteiger partial charge in [-0.1, -0.05) is 29.8 Å². The largest absolute Gasteiger partial charge is 0.382 e. The molecule has 3 amide bonds. The first kappa shape index (κ1) is 24.8. The van der Waals surface area contributed by atoms with E-state index < -0.39 is 6.04 Å². The van der Waals surface area contributed by atoms with Crippen molar-refractivity contribution in [3.63, 3.8) is 0 Å². The number of hydrogen-bond donors (Lipinski definition) is 2. The number of hydrogen-bond acceptors (Lipinski definition) is 5. The van der Waals surface area contributed by atoms with E-state index in [4.69, 9.17) is 16.3 Å². The van der Waals surface area contributed by atoms with Crippen molar-refractivity contribution in [1.82, 2.24) is 15.5 Å². The fourth-order valence-electron chi connectivity index (χ4n) is 2.94. The predicted octanol–water partition coefficient (Wildman–Crippen LogP) is 3.15. The van der Waals surface area contributed by atoms with E-state index in [-0.39, 0.29) is 30.8 Å². The molecule has 2 rings (SSSR count). The van der Waals surface area contributed by atoms with Crippen LogP contribution in [0, 0.1) is 0 Å². The summed E-state index contributed by atoms with van der Waals surface area (Å²) in [6.45, 7) is 4.90. The number of nitrogens with one attached hydrogen (secondary N) is 2. The molecule has 31 heavy (non-hydrogen) atoms. The normalized spacial score (nSPS) is 11.6. The van der Waals surface area contributed by atoms with Crippen LogP contribution in [0.2, 0.25) is 5.02 Å². The molecule has 7 nitrogen and oxygen atoms in total. The van der Waals surface area contributed by atoms with Gasteiger partial charge in [-0.25, -0.2) is 0 Å². The average Bonchev–Trinajstić information content (AvgIpc) is 3.26. The van der Waals surface area contributed by atoms with Crippen molar-refractivity contribution in [3.05, 3.63) is 57.2 Å². The number of thiophene rings is 1. The van der Waals surface area contributed by atoms with E-state index in [1.54, 1.807) is 24.3 Å². The highest BCUT2D eigenvalue weighted by molar-refractivity contribution is 7.09. The van der Waals surface area contributed by atoms with Crippen molar-refractivity contribution in [2.45, 2.75) is 32.9 Å². The van der Waals surface area contributed by atoms with Gasteiger partial charge >= 0.3 is 0 Å². The summed E-state index contributed by atoms with van der Waals surface area (Å²) in [5.74, 6) is -0.965. The van der Waals surface area contributed by atoms with Crippen LogP contribution in [0.3, 0.4) is 0 Å². The van der Waals surface area contributed by atoms with Crippen molar-refractivity contribution in [2.75, 3.05) is 26.3 Å². The summed E-state index contributed by atoms with van der Waals surface area (Å²) >= 11 is 7.53. The van der Waals surface area contributed by atoms with Gasteiger partial charge in [0.05, 0.1) is 13.1 Å². The quantitative estimate of drug-likeness (QED) is 0.471. The van der Waals surface area contributed by atoms with E-state index in [1.165, 1.54) is 23.2 Å². The first-order chi connectivity index (χ1) is 14.9. The maximum absolute atomic E-state index is 13.2. The molecular formula is C22H28ClN3O4S. The molecule has 168 valence electrons. The average molecular weight is 466 g/mol. The fourth-order valence-corrected chi connectivity index (χ4v) is 3.77. The number of rotatable bonds is 12. The lowest BCUT2D eigenvalue weighted by atomic mass is 10.0. The van der Waals surface area contributed by atoms with Crippen LogP contribution in [-0.2, 0) is 25.7 Å². The molecular weight excluding hydrogens is 438 g/mol. The van der Waals surface area contributed by atoms with Crippen molar-refractivity contribution in [1.29, 1.82) is 0 Å². The van der Waals surface area contributed by atoms with E-state index in [0.717, 1.165) is 4.88 Å². The molecule has 0 aliphatic rings. The summed E-state index contributed by atoms with van der Waals surface area (Å²) < 4.78 is 5.31. The van der Waals surface area contributed by atoms with Gasteiger partial charge in [-0.05, 0) is 42.5 Å². The standard InChI is InChI=1S/C22H28ClN3O4S/c1-3-30-12-5-11-24-22(29)21(17-7-9-18(23)10-8-17)26(15-19-6-4-13-31-19)20(28)14-25-16(2)27/h4,6-10,13,21H,3,5,11-12,14-15H2,1-2H3,(H,24,29)(H,25,27)/t21-/m1/s1. The minimum Gasteiger partial charge on any atom is -0.382 e. The van der Waals surface area contributed by atoms with Crippen LogP contribution < -0.4 is 10.6 Å². The maximum atomic E-state index is 13.2. The Morgan fingerprint density at radius 3 is 2.52 bits per heavy atom. The number of amides is 3. The number of halogens is 1. The fraction of sp³-hybridized carbons (Fsp3) is 0.409. The zero-order valence-corrected chi connectivity index (χ0v) is 19.3. The first-order valence-electron chi connectivity index (χ1n) is 10.1. The van der Waals surface area contributed by atoms with Gasteiger partial charge < -0.3 is 20.3 Å². The van der Waals surface area contributed by atoms with Gasteiger partial charge in [-0.2, -0.15) is 0 Å². The Labute approximate surface area is 191 Å². The summed E-state index contributed by atoms with van der Waals surface area (Å²) in [4.78, 5) is 40.0. The Balaban J connectivity index is 2.29. The van der Waals surface area contributed by atoms with E-state index in [9.17, 15) is 14.4 Å². The van der Waals surface area contributed by atoms with Crippen LogP contribution in [-0.4, -0.2) is 48.9 Å². The molecule has 2 aromatic rings. The second-order valence-corrected chi connectivity index (χ2v) is 8.28. The molecule has 2 N–H and O–H groups in total. The molecule has 0 saturated carbocycles. The highest BCUT2D eigenvalue weighted by atomic mass is 35.5. The van der Waals surface area contributed by atoms with Gasteiger partial charge in [0.15, 0.2) is 0 Å². The second kappa shape index (κ2) is 13.1. The van der Waals surface area contributed by atoms with Gasteiger partial charge in [-0.3, -0.25) is 14.4 Å². The Kier molecular flexibility index (Phi) is 10.5. The Hall–Kier alpha value is -2.42. The zero-order chi connectivity index (χ0) is 22.6. The number of carbonyl (C=O) groups is 3. The highest BCUT2D eigenvalue weighted by Crippen LogP contribution is 2.26. The van der Waals surface area contributed by atoms with Gasteiger partial charge in [-0.15, -0.1) is 11.3 Å². The van der Waals surface area contributed by atoms with Crippen LogP contribution in [0.25, 0.3) is 0 Å². The van der Waals surface area contributed by atoms with Crippen molar-refractivity contribution in [2.24, 2.45) is 0 Å². The molecule has 0 aliphatic heterocycles. The molecule has 1 aromatic heterocycles. The number of nitrogens with zero attached hydrogens (tertiary/aromatic N) is 1. The summed E-state index contributed by atoms with van der Waals surface area (Å²) in [6, 6.07) is 9.78. The lowest BCUT2D eigenvalue weighted by Gasteiger charge is -2.31. The maximum Gasteiger partial charge on any atom is 0.247 e. The SMILES string of the molecule is CCOCCCNC(=O)[C@@H](c1ccc(Cl)cc1)N(Cc1cccs1)C(=O)CNC(C)=O. The Morgan fingerprint density at radius 2 is 1.90 bits per heavy atom. The molecule has 0 bridgehead atoms. The number of ether oxygens (including phenoxy) is 1. The van der Waals surface area contributed by atoms with Crippen molar-refractivity contribution in [3.8, 4) is 0 Å². The van der Waals surface area contributed by atoms with Crippen LogP contribution >= 0.6 is 22.9 Å². The third-order valence-corrected chi connectivity index (χ3v) is 5.54. The summed E-state index contributed by atoms with van der Waals surface area (Å²) in [6.07, 6.45) is 0.664. The lowest BCUT2D eigenvalue weighted by Crippen LogP contribution is -2.46. The molecule has 0 aliphatic carbocycles. The van der Waals surface area contributed by atoms with Gasteiger partial charge in [0.25, 0.3) is 0 Å². The van der Waals surface area contributed by atoms with E-state index >= 15 is 0 Å². The molecule has 1 heterocycles. The molecule has 0 unspecified atom stereocenters. The topological polar surface area (TPSA) is 87.7 Å². The van der Waals surface area contributed by atoms with E-state index in [2.05, 4.69) is 10.6 Å². The van der Waals surface area contributed by atoms with Crippen LogP contribution in [0.1, 0.15) is 36.8 Å².